The van der Waals surface area contributed by atoms with Gasteiger partial charge in [0, 0.05) is 12.1 Å². The zero-order valence-corrected chi connectivity index (χ0v) is 12.7. The maximum absolute atomic E-state index is 5.85. The van der Waals surface area contributed by atoms with E-state index in [1.165, 1.54) is 5.56 Å². The standard InChI is InChI=1S/C14H22BrNO/c1-10(2)8-16-9-12-6-5-7-13(15)14(12)17-11(3)4/h5-7,10-11,16H,8-9H2,1-4H3. The molecule has 0 saturated heterocycles. The smallest absolute Gasteiger partial charge is 0.138 e. The monoisotopic (exact) mass is 299 g/mol. The minimum atomic E-state index is 0.192. The van der Waals surface area contributed by atoms with E-state index in [1.807, 2.05) is 26.0 Å². The largest absolute Gasteiger partial charge is 0.489 e. The zero-order valence-electron chi connectivity index (χ0n) is 11.1. The Kier molecular flexibility index (Phi) is 6.00. The molecule has 1 aromatic rings. The summed E-state index contributed by atoms with van der Waals surface area (Å²) in [6.45, 7) is 10.4. The third-order valence-corrected chi connectivity index (χ3v) is 2.89. The Morgan fingerprint density at radius 2 is 1.94 bits per heavy atom. The summed E-state index contributed by atoms with van der Waals surface area (Å²) >= 11 is 3.54. The van der Waals surface area contributed by atoms with Crippen LogP contribution in [0.25, 0.3) is 0 Å². The Morgan fingerprint density at radius 3 is 2.53 bits per heavy atom. The summed E-state index contributed by atoms with van der Waals surface area (Å²) < 4.78 is 6.87. The molecule has 17 heavy (non-hydrogen) atoms. The van der Waals surface area contributed by atoms with Crippen LogP contribution < -0.4 is 10.1 Å². The van der Waals surface area contributed by atoms with Crippen LogP contribution in [0.1, 0.15) is 33.3 Å². The third-order valence-electron chi connectivity index (χ3n) is 2.27. The molecule has 1 rings (SSSR count). The lowest BCUT2D eigenvalue weighted by molar-refractivity contribution is 0.238. The van der Waals surface area contributed by atoms with Gasteiger partial charge in [0.2, 0.25) is 0 Å². The first-order chi connectivity index (χ1) is 8.00. The predicted octanol–water partition coefficient (Wildman–Crippen LogP) is 3.98. The van der Waals surface area contributed by atoms with Crippen LogP contribution in [0, 0.1) is 5.92 Å². The van der Waals surface area contributed by atoms with Gasteiger partial charge in [0.25, 0.3) is 0 Å². The van der Waals surface area contributed by atoms with Crippen molar-refractivity contribution in [3.8, 4) is 5.75 Å². The molecule has 0 bridgehead atoms. The van der Waals surface area contributed by atoms with E-state index in [1.54, 1.807) is 0 Å². The Morgan fingerprint density at radius 1 is 1.24 bits per heavy atom. The number of ether oxygens (including phenoxy) is 1. The third kappa shape index (κ3) is 5.09. The Labute approximate surface area is 113 Å². The molecule has 96 valence electrons. The van der Waals surface area contributed by atoms with Crippen molar-refractivity contribution in [2.24, 2.45) is 5.92 Å². The normalized spacial score (nSPS) is 11.2. The minimum Gasteiger partial charge on any atom is -0.489 e. The van der Waals surface area contributed by atoms with Gasteiger partial charge in [0.15, 0.2) is 0 Å². The Bertz CT molecular complexity index is 350. The van der Waals surface area contributed by atoms with E-state index in [0.717, 1.165) is 23.3 Å². The topological polar surface area (TPSA) is 21.3 Å². The summed E-state index contributed by atoms with van der Waals surface area (Å²) in [6.07, 6.45) is 0.192. The van der Waals surface area contributed by atoms with Gasteiger partial charge in [-0.05, 0) is 48.3 Å². The van der Waals surface area contributed by atoms with Crippen LogP contribution in [0.3, 0.4) is 0 Å². The molecule has 0 spiro atoms. The van der Waals surface area contributed by atoms with Crippen molar-refractivity contribution in [2.45, 2.75) is 40.3 Å². The quantitative estimate of drug-likeness (QED) is 0.858. The van der Waals surface area contributed by atoms with E-state index >= 15 is 0 Å². The highest BCUT2D eigenvalue weighted by atomic mass is 79.9. The van der Waals surface area contributed by atoms with Crippen LogP contribution in [0.5, 0.6) is 5.75 Å². The molecule has 0 fully saturated rings. The molecule has 0 aliphatic heterocycles. The maximum atomic E-state index is 5.85. The molecule has 0 heterocycles. The van der Waals surface area contributed by atoms with Crippen LogP contribution >= 0.6 is 15.9 Å². The second-order valence-corrected chi connectivity index (χ2v) is 5.77. The molecule has 0 aliphatic rings. The molecule has 3 heteroatoms. The fourth-order valence-electron chi connectivity index (χ4n) is 1.56. The molecule has 0 radical (unpaired) electrons. The molecular weight excluding hydrogens is 278 g/mol. The van der Waals surface area contributed by atoms with E-state index in [9.17, 15) is 0 Å². The van der Waals surface area contributed by atoms with Gasteiger partial charge in [-0.15, -0.1) is 0 Å². The van der Waals surface area contributed by atoms with Crippen molar-refractivity contribution < 1.29 is 4.74 Å². The van der Waals surface area contributed by atoms with Gasteiger partial charge in [-0.2, -0.15) is 0 Å². The highest BCUT2D eigenvalue weighted by molar-refractivity contribution is 9.10. The molecule has 0 aromatic heterocycles. The fraction of sp³-hybridized carbons (Fsp3) is 0.571. The highest BCUT2D eigenvalue weighted by Gasteiger charge is 2.09. The molecule has 1 N–H and O–H groups in total. The number of rotatable bonds is 6. The molecular formula is C14H22BrNO. The highest BCUT2D eigenvalue weighted by Crippen LogP contribution is 2.29. The van der Waals surface area contributed by atoms with Crippen LogP contribution in [0.4, 0.5) is 0 Å². The lowest BCUT2D eigenvalue weighted by Gasteiger charge is -2.16. The first-order valence-corrected chi connectivity index (χ1v) is 6.94. The molecule has 0 amide bonds. The summed E-state index contributed by atoms with van der Waals surface area (Å²) in [5, 5.41) is 3.44. The number of para-hydroxylation sites is 1. The van der Waals surface area contributed by atoms with Crippen molar-refractivity contribution in [3.05, 3.63) is 28.2 Å². The molecule has 2 nitrogen and oxygen atoms in total. The number of nitrogens with one attached hydrogen (secondary N) is 1. The van der Waals surface area contributed by atoms with E-state index in [0.29, 0.717) is 5.92 Å². The molecule has 0 atom stereocenters. The summed E-state index contributed by atoms with van der Waals surface area (Å²) in [5.74, 6) is 1.62. The number of benzene rings is 1. The molecule has 0 aliphatic carbocycles. The van der Waals surface area contributed by atoms with Crippen molar-refractivity contribution >= 4 is 15.9 Å². The zero-order chi connectivity index (χ0) is 12.8. The van der Waals surface area contributed by atoms with Crippen molar-refractivity contribution in [2.75, 3.05) is 6.54 Å². The Balaban J connectivity index is 2.72. The summed E-state index contributed by atoms with van der Waals surface area (Å²) in [7, 11) is 0. The SMILES string of the molecule is CC(C)CNCc1cccc(Br)c1OC(C)C. The van der Waals surface area contributed by atoms with E-state index < -0.39 is 0 Å². The van der Waals surface area contributed by atoms with Gasteiger partial charge in [-0.3, -0.25) is 0 Å². The first kappa shape index (κ1) is 14.5. The van der Waals surface area contributed by atoms with Gasteiger partial charge in [-0.25, -0.2) is 0 Å². The lowest BCUT2D eigenvalue weighted by atomic mass is 10.1. The molecule has 1 aromatic carbocycles. The summed E-state index contributed by atoms with van der Waals surface area (Å²) in [4.78, 5) is 0. The lowest BCUT2D eigenvalue weighted by Crippen LogP contribution is -2.20. The van der Waals surface area contributed by atoms with Gasteiger partial charge in [-0.1, -0.05) is 26.0 Å². The van der Waals surface area contributed by atoms with Gasteiger partial charge in [0.05, 0.1) is 10.6 Å². The van der Waals surface area contributed by atoms with Crippen molar-refractivity contribution in [3.63, 3.8) is 0 Å². The van der Waals surface area contributed by atoms with Crippen LogP contribution in [-0.4, -0.2) is 12.6 Å². The first-order valence-electron chi connectivity index (χ1n) is 6.15. The maximum Gasteiger partial charge on any atom is 0.138 e. The number of hydrogen-bond donors (Lipinski definition) is 1. The summed E-state index contributed by atoms with van der Waals surface area (Å²) in [6, 6.07) is 6.17. The fourth-order valence-corrected chi connectivity index (χ4v) is 2.06. The van der Waals surface area contributed by atoms with Gasteiger partial charge in [0.1, 0.15) is 5.75 Å². The van der Waals surface area contributed by atoms with E-state index in [4.69, 9.17) is 4.74 Å². The second-order valence-electron chi connectivity index (χ2n) is 4.92. The van der Waals surface area contributed by atoms with Crippen LogP contribution in [0.15, 0.2) is 22.7 Å². The average molecular weight is 300 g/mol. The van der Waals surface area contributed by atoms with Crippen LogP contribution in [0.2, 0.25) is 0 Å². The number of hydrogen-bond acceptors (Lipinski definition) is 2. The van der Waals surface area contributed by atoms with E-state index in [-0.39, 0.29) is 6.10 Å². The minimum absolute atomic E-state index is 0.192. The molecule has 0 saturated carbocycles. The predicted molar refractivity (Wildman–Crippen MR) is 76.5 cm³/mol. The van der Waals surface area contributed by atoms with E-state index in [2.05, 4.69) is 41.2 Å². The second kappa shape index (κ2) is 7.02. The Hall–Kier alpha value is -0.540. The van der Waals surface area contributed by atoms with Crippen LogP contribution in [-0.2, 0) is 6.54 Å². The average Bonchev–Trinajstić information content (AvgIpc) is 2.22. The van der Waals surface area contributed by atoms with Crippen molar-refractivity contribution in [1.29, 1.82) is 0 Å². The van der Waals surface area contributed by atoms with Gasteiger partial charge >= 0.3 is 0 Å². The summed E-state index contributed by atoms with van der Waals surface area (Å²) in [5.41, 5.74) is 1.20. The van der Waals surface area contributed by atoms with Crippen molar-refractivity contribution in [1.82, 2.24) is 5.32 Å². The number of halogens is 1. The molecule has 0 unspecified atom stereocenters. The van der Waals surface area contributed by atoms with Gasteiger partial charge < -0.3 is 10.1 Å².